The molecule has 0 fully saturated rings. The van der Waals surface area contributed by atoms with Gasteiger partial charge in [-0.1, -0.05) is 25.1 Å². The lowest BCUT2D eigenvalue weighted by molar-refractivity contribution is -0.154. The smallest absolute Gasteiger partial charge is 0.347 e. The number of rotatable bonds is 8. The van der Waals surface area contributed by atoms with Crippen molar-refractivity contribution in [2.24, 2.45) is 0 Å². The van der Waals surface area contributed by atoms with Gasteiger partial charge in [0.05, 0.1) is 0 Å². The monoisotopic (exact) mass is 390 g/mol. The fourth-order valence-corrected chi connectivity index (χ4v) is 2.05. The van der Waals surface area contributed by atoms with Crippen LogP contribution in [0.2, 0.25) is 0 Å². The third kappa shape index (κ3) is 7.27. The zero-order chi connectivity index (χ0) is 20.3. The molecule has 0 radical (unpaired) electrons. The van der Waals surface area contributed by atoms with Crippen LogP contribution in [0.25, 0.3) is 6.08 Å². The van der Waals surface area contributed by atoms with E-state index >= 15 is 0 Å². The molecule has 6 heteroatoms. The number of carboxylic acids is 1. The molecule has 0 amide bonds. The van der Waals surface area contributed by atoms with Gasteiger partial charge >= 0.3 is 5.97 Å². The fourth-order valence-electron chi connectivity index (χ4n) is 2.05. The molecule has 0 aromatic heterocycles. The average molecular weight is 391 g/mol. The minimum absolute atomic E-state index is 0.234. The summed E-state index contributed by atoms with van der Waals surface area (Å²) in [5.41, 5.74) is -0.271. The number of benzene rings is 2. The van der Waals surface area contributed by atoms with E-state index in [2.05, 4.69) is 12.6 Å². The summed E-state index contributed by atoms with van der Waals surface area (Å²) in [6.07, 6.45) is 5.83. The van der Waals surface area contributed by atoms with E-state index in [9.17, 15) is 15.0 Å². The van der Waals surface area contributed by atoms with Crippen molar-refractivity contribution in [3.63, 3.8) is 0 Å². The predicted molar refractivity (Wildman–Crippen MR) is 111 cm³/mol. The minimum Gasteiger partial charge on any atom is -0.508 e. The van der Waals surface area contributed by atoms with E-state index in [-0.39, 0.29) is 5.75 Å². The molecule has 146 valence electrons. The summed E-state index contributed by atoms with van der Waals surface area (Å²) in [6, 6.07) is 13.7. The highest BCUT2D eigenvalue weighted by molar-refractivity contribution is 7.79. The van der Waals surface area contributed by atoms with Crippen LogP contribution in [0.1, 0.15) is 25.8 Å². The van der Waals surface area contributed by atoms with Gasteiger partial charge in [0, 0.05) is 0 Å². The lowest BCUT2D eigenvalue weighted by Gasteiger charge is -2.24. The molecular weight excluding hydrogens is 364 g/mol. The molecule has 0 saturated carbocycles. The Morgan fingerprint density at radius 2 is 1.63 bits per heavy atom. The Kier molecular flexibility index (Phi) is 9.30. The second-order valence-corrected chi connectivity index (χ2v) is 5.77. The minimum atomic E-state index is -1.24. The Hall–Kier alpha value is -2.60. The van der Waals surface area contributed by atoms with Gasteiger partial charge < -0.3 is 19.7 Å². The molecule has 0 aliphatic rings. The van der Waals surface area contributed by atoms with Gasteiger partial charge in [0.15, 0.2) is 0 Å². The van der Waals surface area contributed by atoms with E-state index in [0.29, 0.717) is 24.5 Å². The molecule has 2 N–H and O–H groups in total. The number of phenols is 1. The van der Waals surface area contributed by atoms with Gasteiger partial charge in [0.25, 0.3) is 0 Å². The van der Waals surface area contributed by atoms with Gasteiger partial charge in [-0.25, -0.2) is 4.79 Å². The van der Waals surface area contributed by atoms with Gasteiger partial charge in [-0.2, -0.15) is 12.6 Å². The number of ether oxygens (including phenoxy) is 2. The van der Waals surface area contributed by atoms with Crippen LogP contribution >= 0.6 is 12.6 Å². The molecule has 0 bridgehead atoms. The highest BCUT2D eigenvalue weighted by Crippen LogP contribution is 2.24. The van der Waals surface area contributed by atoms with E-state index in [1.807, 2.05) is 24.3 Å². The lowest BCUT2D eigenvalue weighted by Crippen LogP contribution is -2.40. The summed E-state index contributed by atoms with van der Waals surface area (Å²) in [4.78, 5) is 11.3. The molecule has 27 heavy (non-hydrogen) atoms. The highest BCUT2D eigenvalue weighted by atomic mass is 32.1. The lowest BCUT2D eigenvalue weighted by atomic mass is 10.0. The molecule has 1 atom stereocenters. The standard InChI is InChI=1S/C20H22O5.CH4S/c1-3-20(2,19(22)23)25-18-12-10-17(11-13-18)24-14-4-5-15-6-8-16(21)9-7-15;1-2/h4-13,21H,3,14H2,1-2H3,(H,22,23);2H,1H3/b5-4+;. The zero-order valence-corrected chi connectivity index (χ0v) is 16.6. The Balaban J connectivity index is 0.00000176. The van der Waals surface area contributed by atoms with Crippen molar-refractivity contribution in [1.29, 1.82) is 0 Å². The molecule has 2 aromatic rings. The van der Waals surface area contributed by atoms with Crippen molar-refractivity contribution in [1.82, 2.24) is 0 Å². The number of hydrogen-bond donors (Lipinski definition) is 3. The molecule has 0 saturated heterocycles. The molecule has 0 heterocycles. The van der Waals surface area contributed by atoms with E-state index in [4.69, 9.17) is 9.47 Å². The van der Waals surface area contributed by atoms with Gasteiger partial charge in [0.2, 0.25) is 5.60 Å². The first-order chi connectivity index (χ1) is 12.9. The van der Waals surface area contributed by atoms with Gasteiger partial charge in [-0.15, -0.1) is 0 Å². The summed E-state index contributed by atoms with van der Waals surface area (Å²) in [5, 5.41) is 18.5. The second kappa shape index (κ2) is 11.2. The number of phenolic OH excluding ortho intramolecular Hbond substituents is 1. The third-order valence-electron chi connectivity index (χ3n) is 3.84. The van der Waals surface area contributed by atoms with Crippen LogP contribution in [0.15, 0.2) is 54.6 Å². The molecule has 0 aliphatic heterocycles. The number of hydrogen-bond acceptors (Lipinski definition) is 5. The molecule has 0 aliphatic carbocycles. The summed E-state index contributed by atoms with van der Waals surface area (Å²) >= 11 is 3.53. The normalized spacial score (nSPS) is 12.6. The maximum atomic E-state index is 11.3. The van der Waals surface area contributed by atoms with Crippen LogP contribution < -0.4 is 9.47 Å². The first-order valence-corrected chi connectivity index (χ1v) is 9.38. The van der Waals surface area contributed by atoms with Crippen LogP contribution in [0.3, 0.4) is 0 Å². The van der Waals surface area contributed by atoms with Crippen LogP contribution in [0.4, 0.5) is 0 Å². The van der Waals surface area contributed by atoms with Crippen molar-refractivity contribution >= 4 is 24.7 Å². The van der Waals surface area contributed by atoms with Gasteiger partial charge in [0.1, 0.15) is 23.9 Å². The van der Waals surface area contributed by atoms with Crippen molar-refractivity contribution < 1.29 is 24.5 Å². The summed E-state index contributed by atoms with van der Waals surface area (Å²) in [5.74, 6) is 0.391. The Labute approximate surface area is 165 Å². The Bertz CT molecular complexity index is 725. The maximum Gasteiger partial charge on any atom is 0.347 e. The van der Waals surface area contributed by atoms with Gasteiger partial charge in [-0.05, 0) is 67.6 Å². The maximum absolute atomic E-state index is 11.3. The van der Waals surface area contributed by atoms with Crippen molar-refractivity contribution in [2.75, 3.05) is 12.9 Å². The van der Waals surface area contributed by atoms with E-state index in [1.54, 1.807) is 56.5 Å². The predicted octanol–water partition coefficient (Wildman–Crippen LogP) is 4.66. The summed E-state index contributed by atoms with van der Waals surface area (Å²) < 4.78 is 11.2. The first-order valence-electron chi connectivity index (χ1n) is 8.48. The Morgan fingerprint density at radius 1 is 1.07 bits per heavy atom. The van der Waals surface area contributed by atoms with Crippen molar-refractivity contribution in [2.45, 2.75) is 25.9 Å². The first kappa shape index (κ1) is 22.4. The molecule has 5 nitrogen and oxygen atoms in total. The number of aliphatic carboxylic acids is 1. The number of aromatic hydroxyl groups is 1. The van der Waals surface area contributed by atoms with E-state index in [1.165, 1.54) is 0 Å². The molecular formula is C21H26O5S. The van der Waals surface area contributed by atoms with Gasteiger partial charge in [-0.3, -0.25) is 0 Å². The number of carbonyl (C=O) groups is 1. The highest BCUT2D eigenvalue weighted by Gasteiger charge is 2.33. The molecule has 0 spiro atoms. The van der Waals surface area contributed by atoms with E-state index < -0.39 is 11.6 Å². The van der Waals surface area contributed by atoms with Crippen LogP contribution in [0, 0.1) is 0 Å². The summed E-state index contributed by atoms with van der Waals surface area (Å²) in [7, 11) is 0. The Morgan fingerprint density at radius 3 is 2.15 bits per heavy atom. The quantitative estimate of drug-likeness (QED) is 0.572. The fraction of sp³-hybridized carbons (Fsp3) is 0.286. The largest absolute Gasteiger partial charge is 0.508 e. The second-order valence-electron chi connectivity index (χ2n) is 5.77. The average Bonchev–Trinajstić information content (AvgIpc) is 2.69. The van der Waals surface area contributed by atoms with Crippen molar-refractivity contribution in [3.8, 4) is 17.2 Å². The number of carboxylic acid groups (broad SMARTS) is 1. The number of thiol groups is 1. The summed E-state index contributed by atoms with van der Waals surface area (Å²) in [6.45, 7) is 3.71. The van der Waals surface area contributed by atoms with Crippen molar-refractivity contribution in [3.05, 3.63) is 60.2 Å². The van der Waals surface area contributed by atoms with Crippen LogP contribution in [-0.4, -0.2) is 34.6 Å². The topological polar surface area (TPSA) is 76.0 Å². The van der Waals surface area contributed by atoms with Crippen LogP contribution in [0.5, 0.6) is 17.2 Å². The molecule has 2 aromatic carbocycles. The molecule has 1 unspecified atom stereocenters. The molecule has 2 rings (SSSR count). The van der Waals surface area contributed by atoms with E-state index in [0.717, 1.165) is 5.56 Å². The third-order valence-corrected chi connectivity index (χ3v) is 3.84. The van der Waals surface area contributed by atoms with Crippen LogP contribution in [-0.2, 0) is 4.79 Å². The zero-order valence-electron chi connectivity index (χ0n) is 15.8. The SMILES string of the molecule is CCC(C)(Oc1ccc(OC/C=C/c2ccc(O)cc2)cc1)C(=O)O.CS.